The molecule has 96 valence electrons. The predicted molar refractivity (Wildman–Crippen MR) is 75.9 cm³/mol. The van der Waals surface area contributed by atoms with Gasteiger partial charge in [0, 0.05) is 30.0 Å². The van der Waals surface area contributed by atoms with Gasteiger partial charge in [-0.25, -0.2) is 4.98 Å². The summed E-state index contributed by atoms with van der Waals surface area (Å²) in [7, 11) is 0. The minimum Gasteiger partial charge on any atom is -0.356 e. The van der Waals surface area contributed by atoms with E-state index in [-0.39, 0.29) is 12.1 Å². The van der Waals surface area contributed by atoms with E-state index < -0.39 is 0 Å². The fraction of sp³-hybridized carbons (Fsp3) is 0.385. The number of nitrogens with zero attached hydrogens (tertiary/aromatic N) is 2. The molecule has 0 aliphatic rings. The van der Waals surface area contributed by atoms with Crippen LogP contribution in [0.1, 0.15) is 25.2 Å². The Balaban J connectivity index is 1.98. The van der Waals surface area contributed by atoms with E-state index in [1.54, 1.807) is 0 Å². The smallest absolute Gasteiger partial charge is 0.202 e. The van der Waals surface area contributed by atoms with Gasteiger partial charge in [0.1, 0.15) is 5.82 Å². The molecule has 1 heterocycles. The molecule has 0 amide bonds. The SMILES string of the molecule is CC(N)C(C)Nc1nc(Cc2ccccc2)ns1. The lowest BCUT2D eigenvalue weighted by Crippen LogP contribution is -2.35. The lowest BCUT2D eigenvalue weighted by molar-refractivity contribution is 0.638. The number of aromatic nitrogens is 2. The number of nitrogens with one attached hydrogen (secondary N) is 1. The van der Waals surface area contributed by atoms with Crippen LogP contribution in [0.3, 0.4) is 0 Å². The van der Waals surface area contributed by atoms with E-state index in [2.05, 4.69) is 26.8 Å². The summed E-state index contributed by atoms with van der Waals surface area (Å²) >= 11 is 1.39. The Morgan fingerprint density at radius 1 is 1.28 bits per heavy atom. The molecular formula is C13H18N4S. The summed E-state index contributed by atoms with van der Waals surface area (Å²) in [6.07, 6.45) is 0.769. The second kappa shape index (κ2) is 5.93. The first-order valence-corrected chi connectivity index (χ1v) is 6.81. The third-order valence-corrected chi connectivity index (χ3v) is 3.50. The van der Waals surface area contributed by atoms with Gasteiger partial charge in [0.05, 0.1) is 0 Å². The van der Waals surface area contributed by atoms with E-state index in [9.17, 15) is 0 Å². The molecule has 5 heteroatoms. The Kier molecular flexibility index (Phi) is 4.28. The normalized spacial score (nSPS) is 14.2. The van der Waals surface area contributed by atoms with Crippen molar-refractivity contribution >= 4 is 16.7 Å². The Bertz CT molecular complexity index is 481. The van der Waals surface area contributed by atoms with Crippen LogP contribution >= 0.6 is 11.5 Å². The van der Waals surface area contributed by atoms with Gasteiger partial charge in [-0.3, -0.25) is 0 Å². The lowest BCUT2D eigenvalue weighted by Gasteiger charge is -2.15. The standard InChI is InChI=1S/C13H18N4S/c1-9(14)10(2)15-13-16-12(17-18-13)8-11-6-4-3-5-7-11/h3-7,9-10H,8,14H2,1-2H3,(H,15,16,17). The van der Waals surface area contributed by atoms with Gasteiger partial charge in [-0.1, -0.05) is 30.3 Å². The van der Waals surface area contributed by atoms with E-state index in [4.69, 9.17) is 5.73 Å². The number of benzene rings is 1. The number of hydrogen-bond donors (Lipinski definition) is 2. The van der Waals surface area contributed by atoms with Crippen molar-refractivity contribution in [2.45, 2.75) is 32.4 Å². The summed E-state index contributed by atoms with van der Waals surface area (Å²) < 4.78 is 4.35. The van der Waals surface area contributed by atoms with E-state index in [1.165, 1.54) is 17.1 Å². The summed E-state index contributed by atoms with van der Waals surface area (Å²) in [6, 6.07) is 10.5. The van der Waals surface area contributed by atoms with Crippen LogP contribution in [0.15, 0.2) is 30.3 Å². The van der Waals surface area contributed by atoms with Gasteiger partial charge in [-0.15, -0.1) is 0 Å². The molecule has 18 heavy (non-hydrogen) atoms. The molecule has 0 bridgehead atoms. The van der Waals surface area contributed by atoms with Crippen LogP contribution in [0.5, 0.6) is 0 Å². The van der Waals surface area contributed by atoms with Crippen LogP contribution in [0, 0.1) is 0 Å². The van der Waals surface area contributed by atoms with Crippen molar-refractivity contribution in [3.63, 3.8) is 0 Å². The molecule has 0 saturated carbocycles. The maximum Gasteiger partial charge on any atom is 0.202 e. The lowest BCUT2D eigenvalue weighted by atomic mass is 10.1. The number of anilines is 1. The molecule has 3 N–H and O–H groups in total. The minimum absolute atomic E-state index is 0.0893. The van der Waals surface area contributed by atoms with Crippen LogP contribution in [0.2, 0.25) is 0 Å². The first kappa shape index (κ1) is 13.0. The number of hydrogen-bond acceptors (Lipinski definition) is 5. The summed E-state index contributed by atoms with van der Waals surface area (Å²) in [5, 5.41) is 4.11. The molecule has 2 unspecified atom stereocenters. The molecule has 0 aliphatic heterocycles. The maximum absolute atomic E-state index is 5.81. The third kappa shape index (κ3) is 3.51. The monoisotopic (exact) mass is 262 g/mol. The Morgan fingerprint density at radius 3 is 2.67 bits per heavy atom. The molecule has 0 spiro atoms. The number of rotatable bonds is 5. The highest BCUT2D eigenvalue weighted by Crippen LogP contribution is 2.15. The Labute approximate surface area is 111 Å². The van der Waals surface area contributed by atoms with Crippen LogP contribution in [0.4, 0.5) is 5.13 Å². The molecule has 2 aromatic rings. The van der Waals surface area contributed by atoms with Gasteiger partial charge in [0.15, 0.2) is 0 Å². The van der Waals surface area contributed by atoms with E-state index in [0.717, 1.165) is 17.4 Å². The molecule has 1 aromatic heterocycles. The van der Waals surface area contributed by atoms with Crippen molar-refractivity contribution in [3.05, 3.63) is 41.7 Å². The topological polar surface area (TPSA) is 63.8 Å². The van der Waals surface area contributed by atoms with Crippen molar-refractivity contribution in [1.82, 2.24) is 9.36 Å². The third-order valence-electron chi connectivity index (χ3n) is 2.81. The highest BCUT2D eigenvalue weighted by Gasteiger charge is 2.10. The minimum atomic E-state index is 0.0893. The zero-order chi connectivity index (χ0) is 13.0. The summed E-state index contributed by atoms with van der Waals surface area (Å²) in [5.41, 5.74) is 7.03. The summed E-state index contributed by atoms with van der Waals surface area (Å²) in [6.45, 7) is 4.02. The van der Waals surface area contributed by atoms with Gasteiger partial charge in [0.25, 0.3) is 0 Å². The van der Waals surface area contributed by atoms with Gasteiger partial charge in [0.2, 0.25) is 5.13 Å². The van der Waals surface area contributed by atoms with E-state index >= 15 is 0 Å². The van der Waals surface area contributed by atoms with Crippen LogP contribution < -0.4 is 11.1 Å². The van der Waals surface area contributed by atoms with Crippen LogP contribution in [-0.2, 0) is 6.42 Å². The maximum atomic E-state index is 5.81. The van der Waals surface area contributed by atoms with Crippen molar-refractivity contribution in [2.24, 2.45) is 5.73 Å². The van der Waals surface area contributed by atoms with Crippen molar-refractivity contribution in [2.75, 3.05) is 5.32 Å². The van der Waals surface area contributed by atoms with Gasteiger partial charge in [-0.05, 0) is 19.4 Å². The molecule has 0 saturated heterocycles. The Morgan fingerprint density at radius 2 is 2.00 bits per heavy atom. The average Bonchev–Trinajstić information content (AvgIpc) is 2.77. The predicted octanol–water partition coefficient (Wildman–Crippen LogP) is 2.28. The summed E-state index contributed by atoms with van der Waals surface area (Å²) in [4.78, 5) is 4.47. The molecule has 1 aromatic carbocycles. The van der Waals surface area contributed by atoms with Crippen LogP contribution in [-0.4, -0.2) is 21.4 Å². The zero-order valence-corrected chi connectivity index (χ0v) is 11.4. The molecule has 0 radical (unpaired) electrons. The van der Waals surface area contributed by atoms with Gasteiger partial charge < -0.3 is 11.1 Å². The van der Waals surface area contributed by atoms with Crippen molar-refractivity contribution < 1.29 is 0 Å². The highest BCUT2D eigenvalue weighted by molar-refractivity contribution is 7.09. The van der Waals surface area contributed by atoms with Gasteiger partial charge in [-0.2, -0.15) is 4.37 Å². The van der Waals surface area contributed by atoms with Crippen molar-refractivity contribution in [3.8, 4) is 0 Å². The quantitative estimate of drug-likeness (QED) is 0.867. The number of nitrogens with two attached hydrogens (primary N) is 1. The van der Waals surface area contributed by atoms with Crippen LogP contribution in [0.25, 0.3) is 0 Å². The first-order chi connectivity index (χ1) is 8.65. The second-order valence-electron chi connectivity index (χ2n) is 4.47. The van der Waals surface area contributed by atoms with E-state index in [1.807, 2.05) is 32.0 Å². The first-order valence-electron chi connectivity index (χ1n) is 6.04. The molecule has 0 fully saturated rings. The Hall–Kier alpha value is -1.46. The fourth-order valence-corrected chi connectivity index (χ4v) is 2.17. The molecule has 2 atom stereocenters. The molecule has 4 nitrogen and oxygen atoms in total. The summed E-state index contributed by atoms with van der Waals surface area (Å²) in [5.74, 6) is 0.852. The molecule has 0 aliphatic carbocycles. The molecule has 2 rings (SSSR count). The van der Waals surface area contributed by atoms with Gasteiger partial charge >= 0.3 is 0 Å². The molecular weight excluding hydrogens is 244 g/mol. The van der Waals surface area contributed by atoms with E-state index in [0.29, 0.717) is 0 Å². The highest BCUT2D eigenvalue weighted by atomic mass is 32.1. The zero-order valence-electron chi connectivity index (χ0n) is 10.6. The fourth-order valence-electron chi connectivity index (χ4n) is 1.49. The average molecular weight is 262 g/mol. The van der Waals surface area contributed by atoms with Crippen molar-refractivity contribution in [1.29, 1.82) is 0 Å². The second-order valence-corrected chi connectivity index (χ2v) is 5.22. The largest absolute Gasteiger partial charge is 0.356 e.